The number of amides is 1. The van der Waals surface area contributed by atoms with Crippen LogP contribution >= 0.6 is 11.6 Å². The number of nitrogens with one attached hydrogen (secondary N) is 1. The Morgan fingerprint density at radius 3 is 2.81 bits per heavy atom. The molecule has 1 N–H and O–H groups in total. The molecule has 0 aromatic heterocycles. The normalized spacial score (nSPS) is 17.6. The number of anilines is 2. The maximum absolute atomic E-state index is 13.4. The molecule has 1 amide bonds. The highest BCUT2D eigenvalue weighted by Gasteiger charge is 2.28. The minimum absolute atomic E-state index is 0.0219. The number of halogens is 2. The predicted octanol–water partition coefficient (Wildman–Crippen LogP) is 4.00. The summed E-state index contributed by atoms with van der Waals surface area (Å²) in [6.45, 7) is 0. The molecule has 1 atom stereocenters. The number of hydrogen-bond donors (Lipinski definition) is 1. The van der Waals surface area contributed by atoms with Crippen LogP contribution in [-0.4, -0.2) is 13.0 Å². The van der Waals surface area contributed by atoms with Crippen LogP contribution in [0.3, 0.4) is 0 Å². The minimum atomic E-state index is -0.405. The molecule has 0 aliphatic carbocycles. The lowest BCUT2D eigenvalue weighted by atomic mass is 9.96. The second-order valence-corrected chi connectivity index (χ2v) is 5.51. The molecule has 0 saturated heterocycles. The average molecular weight is 305 g/mol. The molecule has 0 saturated carbocycles. The largest absolute Gasteiger partial charge is 0.378 e. The van der Waals surface area contributed by atoms with Crippen molar-refractivity contribution in [3.63, 3.8) is 0 Å². The van der Waals surface area contributed by atoms with Gasteiger partial charge in [-0.2, -0.15) is 0 Å². The second kappa shape index (κ2) is 5.37. The van der Waals surface area contributed by atoms with Crippen LogP contribution in [-0.2, 0) is 4.79 Å². The van der Waals surface area contributed by atoms with Gasteiger partial charge in [-0.3, -0.25) is 4.79 Å². The quantitative estimate of drug-likeness (QED) is 0.909. The summed E-state index contributed by atoms with van der Waals surface area (Å²) < 4.78 is 13.4. The molecule has 0 radical (unpaired) electrons. The van der Waals surface area contributed by atoms with E-state index >= 15 is 0 Å². The highest BCUT2D eigenvalue weighted by Crippen LogP contribution is 2.36. The van der Waals surface area contributed by atoms with Crippen LogP contribution in [0.5, 0.6) is 0 Å². The van der Waals surface area contributed by atoms with Gasteiger partial charge in [0.1, 0.15) is 5.82 Å². The monoisotopic (exact) mass is 304 g/mol. The number of hydrogen-bond acceptors (Lipinski definition) is 2. The molecule has 108 valence electrons. The molecule has 0 fully saturated rings. The SMILES string of the molecule is CN1C(=O)CC(Nc2cc(F)cc(Cl)c2)c2ccccc21. The van der Waals surface area contributed by atoms with Gasteiger partial charge >= 0.3 is 0 Å². The molecule has 0 spiro atoms. The Bertz CT molecular complexity index is 684. The van der Waals surface area contributed by atoms with Crippen molar-refractivity contribution in [1.29, 1.82) is 0 Å². The maximum Gasteiger partial charge on any atom is 0.229 e. The molecule has 21 heavy (non-hydrogen) atoms. The molecule has 0 bridgehead atoms. The Kier molecular flexibility index (Phi) is 3.55. The lowest BCUT2D eigenvalue weighted by Gasteiger charge is -2.32. The zero-order valence-corrected chi connectivity index (χ0v) is 12.2. The molecule has 1 aliphatic heterocycles. The van der Waals surface area contributed by atoms with Gasteiger partial charge in [0.25, 0.3) is 0 Å². The highest BCUT2D eigenvalue weighted by atomic mass is 35.5. The van der Waals surface area contributed by atoms with E-state index in [4.69, 9.17) is 11.6 Å². The minimum Gasteiger partial charge on any atom is -0.378 e. The second-order valence-electron chi connectivity index (χ2n) is 5.07. The van der Waals surface area contributed by atoms with Crippen LogP contribution in [0.2, 0.25) is 5.02 Å². The van der Waals surface area contributed by atoms with Gasteiger partial charge in [0.15, 0.2) is 0 Å². The lowest BCUT2D eigenvalue weighted by Crippen LogP contribution is -2.35. The van der Waals surface area contributed by atoms with Crippen molar-refractivity contribution in [2.45, 2.75) is 12.5 Å². The van der Waals surface area contributed by atoms with Gasteiger partial charge in [-0.25, -0.2) is 4.39 Å². The van der Waals surface area contributed by atoms with E-state index in [2.05, 4.69) is 5.32 Å². The van der Waals surface area contributed by atoms with E-state index in [0.717, 1.165) is 11.3 Å². The standard InChI is InChI=1S/C16H14ClFN2O/c1-20-15-5-3-2-4-13(15)14(9-16(20)21)19-12-7-10(17)6-11(18)8-12/h2-8,14,19H,9H2,1H3. The summed E-state index contributed by atoms with van der Waals surface area (Å²) >= 11 is 5.86. The van der Waals surface area contributed by atoms with Gasteiger partial charge in [-0.05, 0) is 29.8 Å². The molecule has 1 aliphatic rings. The topological polar surface area (TPSA) is 32.3 Å². The maximum atomic E-state index is 13.4. The van der Waals surface area contributed by atoms with Crippen LogP contribution in [0.15, 0.2) is 42.5 Å². The molecule has 1 unspecified atom stereocenters. The van der Waals surface area contributed by atoms with Gasteiger partial charge in [0, 0.05) is 23.4 Å². The molecule has 3 rings (SSSR count). The van der Waals surface area contributed by atoms with Crippen LogP contribution < -0.4 is 10.2 Å². The Morgan fingerprint density at radius 2 is 2.05 bits per heavy atom. The summed E-state index contributed by atoms with van der Waals surface area (Å²) in [6.07, 6.45) is 0.321. The van der Waals surface area contributed by atoms with Crippen LogP contribution in [0.4, 0.5) is 15.8 Å². The third kappa shape index (κ3) is 2.72. The summed E-state index contributed by atoms with van der Waals surface area (Å²) in [5.74, 6) is -0.383. The van der Waals surface area contributed by atoms with E-state index in [9.17, 15) is 9.18 Å². The van der Waals surface area contributed by atoms with Crippen LogP contribution in [0, 0.1) is 5.82 Å². The highest BCUT2D eigenvalue weighted by molar-refractivity contribution is 6.30. The fourth-order valence-corrected chi connectivity index (χ4v) is 2.83. The molecular formula is C16H14ClFN2O. The van der Waals surface area contributed by atoms with E-state index in [1.807, 2.05) is 24.3 Å². The summed E-state index contributed by atoms with van der Waals surface area (Å²) in [6, 6.07) is 11.8. The van der Waals surface area contributed by atoms with Crippen molar-refractivity contribution in [2.75, 3.05) is 17.3 Å². The number of benzene rings is 2. The van der Waals surface area contributed by atoms with Crippen molar-refractivity contribution in [2.24, 2.45) is 0 Å². The molecular weight excluding hydrogens is 291 g/mol. The fourth-order valence-electron chi connectivity index (χ4n) is 2.61. The van der Waals surface area contributed by atoms with Crippen LogP contribution in [0.1, 0.15) is 18.0 Å². The van der Waals surface area contributed by atoms with Crippen molar-refractivity contribution in [3.8, 4) is 0 Å². The third-order valence-corrected chi connectivity index (χ3v) is 3.85. The predicted molar refractivity (Wildman–Crippen MR) is 82.2 cm³/mol. The van der Waals surface area contributed by atoms with Gasteiger partial charge in [-0.1, -0.05) is 29.8 Å². The van der Waals surface area contributed by atoms with E-state index in [1.54, 1.807) is 18.0 Å². The molecule has 5 heteroatoms. The Hall–Kier alpha value is -2.07. The van der Waals surface area contributed by atoms with Gasteiger partial charge in [0.05, 0.1) is 12.5 Å². The molecule has 2 aromatic carbocycles. The van der Waals surface area contributed by atoms with E-state index in [0.29, 0.717) is 17.1 Å². The van der Waals surface area contributed by atoms with Crippen molar-refractivity contribution >= 4 is 28.9 Å². The summed E-state index contributed by atoms with van der Waals surface area (Å²) in [7, 11) is 1.76. The van der Waals surface area contributed by atoms with Crippen LogP contribution in [0.25, 0.3) is 0 Å². The Balaban J connectivity index is 1.95. The number of fused-ring (bicyclic) bond motifs is 1. The molecule has 2 aromatic rings. The third-order valence-electron chi connectivity index (χ3n) is 3.63. The van der Waals surface area contributed by atoms with E-state index in [-0.39, 0.29) is 11.9 Å². The van der Waals surface area contributed by atoms with Crippen molar-refractivity contribution < 1.29 is 9.18 Å². The Morgan fingerprint density at radius 1 is 1.29 bits per heavy atom. The van der Waals surface area contributed by atoms with Crippen molar-refractivity contribution in [3.05, 3.63) is 58.9 Å². The Labute approximate surface area is 127 Å². The number of carbonyl (C=O) groups excluding carboxylic acids is 1. The summed E-state index contributed by atoms with van der Waals surface area (Å²) in [4.78, 5) is 13.7. The van der Waals surface area contributed by atoms with Gasteiger partial charge in [-0.15, -0.1) is 0 Å². The van der Waals surface area contributed by atoms with E-state index < -0.39 is 5.82 Å². The zero-order chi connectivity index (χ0) is 15.0. The van der Waals surface area contributed by atoms with Gasteiger partial charge in [0.2, 0.25) is 5.91 Å². The zero-order valence-electron chi connectivity index (χ0n) is 11.4. The molecule has 3 nitrogen and oxygen atoms in total. The first-order valence-corrected chi connectivity index (χ1v) is 7.00. The number of carbonyl (C=O) groups is 1. The lowest BCUT2D eigenvalue weighted by molar-refractivity contribution is -0.118. The fraction of sp³-hybridized carbons (Fsp3) is 0.188. The summed E-state index contributed by atoms with van der Waals surface area (Å²) in [5.41, 5.74) is 2.45. The number of para-hydroxylation sites is 1. The smallest absolute Gasteiger partial charge is 0.229 e. The first-order valence-electron chi connectivity index (χ1n) is 6.63. The first-order chi connectivity index (χ1) is 10.0. The van der Waals surface area contributed by atoms with E-state index in [1.165, 1.54) is 12.1 Å². The number of nitrogens with zero attached hydrogens (tertiary/aromatic N) is 1. The molecule has 1 heterocycles. The van der Waals surface area contributed by atoms with Gasteiger partial charge < -0.3 is 10.2 Å². The summed E-state index contributed by atoms with van der Waals surface area (Å²) in [5, 5.41) is 3.52. The first kappa shape index (κ1) is 13.9. The number of rotatable bonds is 2. The van der Waals surface area contributed by atoms with Crippen molar-refractivity contribution in [1.82, 2.24) is 0 Å². The average Bonchev–Trinajstić information content (AvgIpc) is 2.43.